The lowest BCUT2D eigenvalue weighted by molar-refractivity contribution is -0.115. The highest BCUT2D eigenvalue weighted by atomic mass is 32.2. The number of amides is 1. The number of carboxylic acids is 1. The summed E-state index contributed by atoms with van der Waals surface area (Å²) in [5, 5.41) is 11.8. The molecular weight excluding hydrogens is 370 g/mol. The Bertz CT molecular complexity index is 935. The van der Waals surface area contributed by atoms with Gasteiger partial charge in [0.05, 0.1) is 29.2 Å². The summed E-state index contributed by atoms with van der Waals surface area (Å²) >= 11 is 0. The minimum Gasteiger partial charge on any atom is -0.478 e. The van der Waals surface area contributed by atoms with Crippen LogP contribution in [0.1, 0.15) is 28.4 Å². The van der Waals surface area contributed by atoms with Crippen LogP contribution >= 0.6 is 0 Å². The number of ether oxygens (including phenoxy) is 1. The number of carbonyl (C=O) groups excluding carboxylic acids is 1. The number of benzene rings is 2. The molecule has 0 bridgehead atoms. The van der Waals surface area contributed by atoms with Crippen molar-refractivity contribution in [3.05, 3.63) is 59.2 Å². The summed E-state index contributed by atoms with van der Waals surface area (Å²) in [6.45, 7) is 1.79. The predicted octanol–water partition coefficient (Wildman–Crippen LogP) is 2.51. The third kappa shape index (κ3) is 5.63. The number of hydrogen-bond acceptors (Lipinski definition) is 5. The van der Waals surface area contributed by atoms with Gasteiger partial charge in [-0.1, -0.05) is 19.1 Å². The van der Waals surface area contributed by atoms with Gasteiger partial charge in [-0.15, -0.1) is 0 Å². The Balaban J connectivity index is 2.12. The van der Waals surface area contributed by atoms with Crippen LogP contribution in [0.4, 0.5) is 5.69 Å². The molecule has 0 unspecified atom stereocenters. The third-order valence-electron chi connectivity index (χ3n) is 3.86. The molecule has 144 valence electrons. The molecule has 2 rings (SSSR count). The minimum absolute atomic E-state index is 0.0105. The quantitative estimate of drug-likeness (QED) is 0.715. The number of sulfone groups is 1. The zero-order valence-electron chi connectivity index (χ0n) is 15.1. The van der Waals surface area contributed by atoms with Crippen molar-refractivity contribution < 1.29 is 27.9 Å². The molecule has 27 heavy (non-hydrogen) atoms. The number of anilines is 1. The lowest BCUT2D eigenvalue weighted by Gasteiger charge is -2.10. The first kappa shape index (κ1) is 20.6. The molecule has 7 nitrogen and oxygen atoms in total. The molecule has 1 amide bonds. The smallest absolute Gasteiger partial charge is 0.335 e. The summed E-state index contributed by atoms with van der Waals surface area (Å²) in [7, 11) is -1.79. The number of rotatable bonds is 8. The average molecular weight is 391 g/mol. The lowest BCUT2D eigenvalue weighted by atomic mass is 10.1. The van der Waals surface area contributed by atoms with E-state index >= 15 is 0 Å². The molecule has 0 atom stereocenters. The van der Waals surface area contributed by atoms with Crippen LogP contribution < -0.4 is 5.32 Å². The van der Waals surface area contributed by atoms with E-state index in [0.717, 1.165) is 0 Å². The maximum atomic E-state index is 12.3. The van der Waals surface area contributed by atoms with Gasteiger partial charge in [-0.05, 0) is 41.5 Å². The second-order valence-electron chi connectivity index (χ2n) is 5.93. The summed E-state index contributed by atoms with van der Waals surface area (Å²) in [6, 6.07) is 10.6. The number of carbonyl (C=O) groups is 2. The van der Waals surface area contributed by atoms with Gasteiger partial charge in [0.1, 0.15) is 0 Å². The fraction of sp³-hybridized carbons (Fsp3) is 0.263. The summed E-state index contributed by atoms with van der Waals surface area (Å²) in [6.07, 6.45) is 0.0311. The van der Waals surface area contributed by atoms with E-state index in [-0.39, 0.29) is 35.1 Å². The van der Waals surface area contributed by atoms with Gasteiger partial charge in [-0.2, -0.15) is 0 Å². The second kappa shape index (κ2) is 8.79. The van der Waals surface area contributed by atoms with Gasteiger partial charge in [-0.25, -0.2) is 13.2 Å². The monoisotopic (exact) mass is 391 g/mol. The van der Waals surface area contributed by atoms with Crippen molar-refractivity contribution in [3.63, 3.8) is 0 Å². The van der Waals surface area contributed by atoms with Gasteiger partial charge in [0.25, 0.3) is 0 Å². The SMILES string of the molecule is CCS(=O)(=O)c1ccc(CC(=O)Nc2cc(COC)cc(C(=O)O)c2)cc1. The number of hydrogen-bond donors (Lipinski definition) is 2. The van der Waals surface area contributed by atoms with Crippen molar-refractivity contribution in [2.75, 3.05) is 18.2 Å². The zero-order valence-corrected chi connectivity index (χ0v) is 15.9. The van der Waals surface area contributed by atoms with Crippen LogP contribution in [-0.2, 0) is 32.4 Å². The van der Waals surface area contributed by atoms with Crippen molar-refractivity contribution >= 4 is 27.4 Å². The maximum absolute atomic E-state index is 12.3. The molecule has 8 heteroatoms. The number of nitrogens with one attached hydrogen (secondary N) is 1. The van der Waals surface area contributed by atoms with Crippen molar-refractivity contribution in [3.8, 4) is 0 Å². The molecule has 0 saturated heterocycles. The van der Waals surface area contributed by atoms with Crippen LogP contribution in [0, 0.1) is 0 Å². The molecule has 0 aliphatic carbocycles. The molecule has 0 spiro atoms. The summed E-state index contributed by atoms with van der Waals surface area (Å²) in [5.41, 5.74) is 1.68. The van der Waals surface area contributed by atoms with E-state index in [1.165, 1.54) is 31.4 Å². The van der Waals surface area contributed by atoms with Gasteiger partial charge < -0.3 is 15.2 Å². The Morgan fingerprint density at radius 1 is 1.07 bits per heavy atom. The molecule has 0 saturated carbocycles. The van der Waals surface area contributed by atoms with Gasteiger partial charge in [0.2, 0.25) is 5.91 Å². The van der Waals surface area contributed by atoms with Crippen molar-refractivity contribution in [1.82, 2.24) is 0 Å². The minimum atomic E-state index is -3.28. The first-order chi connectivity index (χ1) is 12.7. The Labute approximate surface area is 157 Å². The topological polar surface area (TPSA) is 110 Å². The molecule has 2 N–H and O–H groups in total. The van der Waals surface area contributed by atoms with Crippen LogP contribution in [0.3, 0.4) is 0 Å². The van der Waals surface area contributed by atoms with Crippen molar-refractivity contribution in [2.24, 2.45) is 0 Å². The van der Waals surface area contributed by atoms with E-state index in [2.05, 4.69) is 5.32 Å². The predicted molar refractivity (Wildman–Crippen MR) is 101 cm³/mol. The van der Waals surface area contributed by atoms with E-state index in [1.54, 1.807) is 25.1 Å². The van der Waals surface area contributed by atoms with Gasteiger partial charge >= 0.3 is 5.97 Å². The van der Waals surface area contributed by atoms with E-state index in [0.29, 0.717) is 16.8 Å². The highest BCUT2D eigenvalue weighted by molar-refractivity contribution is 7.91. The molecule has 0 aliphatic heterocycles. The van der Waals surface area contributed by atoms with Crippen LogP contribution in [0.2, 0.25) is 0 Å². The van der Waals surface area contributed by atoms with E-state index < -0.39 is 15.8 Å². The molecule has 0 aromatic heterocycles. The van der Waals surface area contributed by atoms with Gasteiger partial charge in [-0.3, -0.25) is 4.79 Å². The zero-order chi connectivity index (χ0) is 20.0. The van der Waals surface area contributed by atoms with E-state index in [9.17, 15) is 23.1 Å². The average Bonchev–Trinajstić information content (AvgIpc) is 2.62. The summed E-state index contributed by atoms with van der Waals surface area (Å²) < 4.78 is 28.6. The molecule has 0 aliphatic rings. The first-order valence-electron chi connectivity index (χ1n) is 8.23. The standard InChI is InChI=1S/C19H21NO6S/c1-3-27(24,25)17-6-4-13(5-7-17)10-18(21)20-16-9-14(12-26-2)8-15(11-16)19(22)23/h4-9,11H,3,10,12H2,1-2H3,(H,20,21)(H,22,23). The molecule has 0 heterocycles. The van der Waals surface area contributed by atoms with Gasteiger partial charge in [0.15, 0.2) is 9.84 Å². The number of methoxy groups -OCH3 is 1. The number of aromatic carboxylic acids is 1. The normalized spacial score (nSPS) is 11.2. The highest BCUT2D eigenvalue weighted by Crippen LogP contribution is 2.17. The van der Waals surface area contributed by atoms with Crippen molar-refractivity contribution in [2.45, 2.75) is 24.8 Å². The largest absolute Gasteiger partial charge is 0.478 e. The summed E-state index contributed by atoms with van der Waals surface area (Å²) in [4.78, 5) is 23.7. The fourth-order valence-corrected chi connectivity index (χ4v) is 3.39. The second-order valence-corrected chi connectivity index (χ2v) is 8.21. The lowest BCUT2D eigenvalue weighted by Crippen LogP contribution is -2.15. The molecular formula is C19H21NO6S. The summed E-state index contributed by atoms with van der Waals surface area (Å²) in [5.74, 6) is -1.43. The Hall–Kier alpha value is -2.71. The van der Waals surface area contributed by atoms with E-state index in [1.807, 2.05) is 0 Å². The molecule has 0 fully saturated rings. The fourth-order valence-electron chi connectivity index (χ4n) is 2.51. The highest BCUT2D eigenvalue weighted by Gasteiger charge is 2.13. The Morgan fingerprint density at radius 3 is 2.30 bits per heavy atom. The van der Waals surface area contributed by atoms with Crippen LogP contribution in [0.5, 0.6) is 0 Å². The first-order valence-corrected chi connectivity index (χ1v) is 9.88. The molecule has 2 aromatic carbocycles. The van der Waals surface area contributed by atoms with Crippen LogP contribution in [-0.4, -0.2) is 38.3 Å². The Kier molecular flexibility index (Phi) is 6.70. The van der Waals surface area contributed by atoms with Crippen LogP contribution in [0.15, 0.2) is 47.4 Å². The van der Waals surface area contributed by atoms with Crippen LogP contribution in [0.25, 0.3) is 0 Å². The third-order valence-corrected chi connectivity index (χ3v) is 5.61. The molecule has 0 radical (unpaired) electrons. The van der Waals surface area contributed by atoms with Gasteiger partial charge in [0, 0.05) is 12.8 Å². The maximum Gasteiger partial charge on any atom is 0.335 e. The number of carboxylic acid groups (broad SMARTS) is 1. The Morgan fingerprint density at radius 2 is 1.74 bits per heavy atom. The van der Waals surface area contributed by atoms with E-state index in [4.69, 9.17) is 4.74 Å². The van der Waals surface area contributed by atoms with Crippen molar-refractivity contribution in [1.29, 1.82) is 0 Å². The molecule has 2 aromatic rings.